The fourth-order valence-corrected chi connectivity index (χ4v) is 2.87. The van der Waals surface area contributed by atoms with Gasteiger partial charge in [-0.25, -0.2) is 0 Å². The highest BCUT2D eigenvalue weighted by Crippen LogP contribution is 2.36. The van der Waals surface area contributed by atoms with Gasteiger partial charge in [-0.2, -0.15) is 0 Å². The van der Waals surface area contributed by atoms with Crippen LogP contribution in [-0.4, -0.2) is 10.9 Å². The third-order valence-corrected chi connectivity index (χ3v) is 3.92. The van der Waals surface area contributed by atoms with Crippen LogP contribution in [0, 0.1) is 0 Å². The Labute approximate surface area is 134 Å². The smallest absolute Gasteiger partial charge is 0.262 e. The van der Waals surface area contributed by atoms with Crippen LogP contribution < -0.4 is 10.2 Å². The SMILES string of the molecule is O=C1c2cccnc2[C@@H](Nc2ccccc2)N1c1ccccc1. The molecule has 0 saturated carbocycles. The Morgan fingerprint density at radius 2 is 1.57 bits per heavy atom. The van der Waals surface area contributed by atoms with Crippen molar-refractivity contribution in [2.24, 2.45) is 0 Å². The Kier molecular flexibility index (Phi) is 3.27. The summed E-state index contributed by atoms with van der Waals surface area (Å²) in [5.41, 5.74) is 3.20. The molecule has 2 aromatic carbocycles. The lowest BCUT2D eigenvalue weighted by molar-refractivity contribution is 0.0993. The quantitative estimate of drug-likeness (QED) is 0.799. The second kappa shape index (κ2) is 5.57. The fraction of sp³-hybridized carbons (Fsp3) is 0.0526. The summed E-state index contributed by atoms with van der Waals surface area (Å²) in [6.07, 6.45) is 1.41. The lowest BCUT2D eigenvalue weighted by Crippen LogP contribution is -2.32. The number of benzene rings is 2. The molecule has 112 valence electrons. The molecular weight excluding hydrogens is 286 g/mol. The summed E-state index contributed by atoms with van der Waals surface area (Å²) in [5, 5.41) is 3.42. The highest BCUT2D eigenvalue weighted by molar-refractivity contribution is 6.11. The number of carbonyl (C=O) groups excluding carboxylic acids is 1. The summed E-state index contributed by atoms with van der Waals surface area (Å²) in [7, 11) is 0. The Bertz CT molecular complexity index is 834. The highest BCUT2D eigenvalue weighted by Gasteiger charge is 2.38. The van der Waals surface area contributed by atoms with Gasteiger partial charge in [0.15, 0.2) is 6.17 Å². The van der Waals surface area contributed by atoms with Crippen molar-refractivity contribution in [2.75, 3.05) is 10.2 Å². The normalized spacial score (nSPS) is 16.3. The first-order chi connectivity index (χ1) is 11.3. The van der Waals surface area contributed by atoms with E-state index >= 15 is 0 Å². The number of anilines is 2. The molecule has 23 heavy (non-hydrogen) atoms. The van der Waals surface area contributed by atoms with Gasteiger partial charge in [0.05, 0.1) is 11.3 Å². The van der Waals surface area contributed by atoms with Gasteiger partial charge in [0, 0.05) is 17.6 Å². The zero-order valence-corrected chi connectivity index (χ0v) is 12.4. The van der Waals surface area contributed by atoms with E-state index < -0.39 is 0 Å². The van der Waals surface area contributed by atoms with Crippen molar-refractivity contribution < 1.29 is 4.79 Å². The van der Waals surface area contributed by atoms with Gasteiger partial charge in [-0.3, -0.25) is 14.7 Å². The molecule has 2 heterocycles. The predicted octanol–water partition coefficient (Wildman–Crippen LogP) is 3.85. The molecule has 0 spiro atoms. The first-order valence-corrected chi connectivity index (χ1v) is 7.50. The van der Waals surface area contributed by atoms with E-state index in [-0.39, 0.29) is 12.1 Å². The number of amides is 1. The number of pyridine rings is 1. The zero-order valence-electron chi connectivity index (χ0n) is 12.4. The number of nitrogens with one attached hydrogen (secondary N) is 1. The lowest BCUT2D eigenvalue weighted by atomic mass is 10.2. The molecule has 4 heteroatoms. The van der Waals surface area contributed by atoms with Gasteiger partial charge in [-0.15, -0.1) is 0 Å². The molecule has 1 N–H and O–H groups in total. The van der Waals surface area contributed by atoms with Crippen LogP contribution in [0.2, 0.25) is 0 Å². The van der Waals surface area contributed by atoms with Crippen molar-refractivity contribution in [3.63, 3.8) is 0 Å². The topological polar surface area (TPSA) is 45.2 Å². The minimum absolute atomic E-state index is 0.0345. The molecule has 3 aromatic rings. The predicted molar refractivity (Wildman–Crippen MR) is 90.3 cm³/mol. The van der Waals surface area contributed by atoms with Gasteiger partial charge < -0.3 is 5.32 Å². The van der Waals surface area contributed by atoms with E-state index in [1.165, 1.54) is 0 Å². The van der Waals surface area contributed by atoms with E-state index in [1.807, 2.05) is 66.7 Å². The minimum Gasteiger partial charge on any atom is -0.360 e. The average Bonchev–Trinajstić information content (AvgIpc) is 2.89. The van der Waals surface area contributed by atoms with Crippen LogP contribution in [0.1, 0.15) is 22.2 Å². The molecule has 0 bridgehead atoms. The molecule has 0 unspecified atom stereocenters. The van der Waals surface area contributed by atoms with E-state index in [4.69, 9.17) is 0 Å². The van der Waals surface area contributed by atoms with Gasteiger partial charge in [0.2, 0.25) is 0 Å². The van der Waals surface area contributed by atoms with E-state index in [1.54, 1.807) is 17.2 Å². The largest absolute Gasteiger partial charge is 0.360 e. The van der Waals surface area contributed by atoms with Crippen molar-refractivity contribution in [2.45, 2.75) is 6.17 Å². The molecule has 1 amide bonds. The van der Waals surface area contributed by atoms with Gasteiger partial charge in [-0.1, -0.05) is 36.4 Å². The van der Waals surface area contributed by atoms with Crippen LogP contribution in [0.3, 0.4) is 0 Å². The summed E-state index contributed by atoms with van der Waals surface area (Å²) in [5.74, 6) is -0.0345. The third-order valence-electron chi connectivity index (χ3n) is 3.92. The fourth-order valence-electron chi connectivity index (χ4n) is 2.87. The van der Waals surface area contributed by atoms with E-state index in [0.717, 1.165) is 17.1 Å². The van der Waals surface area contributed by atoms with Crippen molar-refractivity contribution in [1.29, 1.82) is 0 Å². The van der Waals surface area contributed by atoms with Crippen molar-refractivity contribution in [3.8, 4) is 0 Å². The number of carbonyl (C=O) groups is 1. The average molecular weight is 301 g/mol. The Morgan fingerprint density at radius 3 is 2.30 bits per heavy atom. The number of rotatable bonds is 3. The number of aromatic nitrogens is 1. The van der Waals surface area contributed by atoms with Crippen LogP contribution in [0.25, 0.3) is 0 Å². The van der Waals surface area contributed by atoms with Gasteiger partial charge in [0.25, 0.3) is 5.91 Å². The first-order valence-electron chi connectivity index (χ1n) is 7.50. The number of hydrogen-bond acceptors (Lipinski definition) is 3. The third kappa shape index (κ3) is 2.34. The van der Waals surface area contributed by atoms with Gasteiger partial charge in [0.1, 0.15) is 0 Å². The van der Waals surface area contributed by atoms with E-state index in [2.05, 4.69) is 10.3 Å². The second-order valence-corrected chi connectivity index (χ2v) is 5.36. The Hall–Kier alpha value is -3.14. The summed E-state index contributed by atoms with van der Waals surface area (Å²) in [4.78, 5) is 19.0. The maximum atomic E-state index is 12.8. The molecule has 0 radical (unpaired) electrons. The van der Waals surface area contributed by atoms with Crippen molar-refractivity contribution >= 4 is 17.3 Å². The number of fused-ring (bicyclic) bond motifs is 1. The molecule has 1 atom stereocenters. The summed E-state index contributed by atoms with van der Waals surface area (Å²) in [6.45, 7) is 0. The molecule has 0 fully saturated rings. The Balaban J connectivity index is 1.79. The van der Waals surface area contributed by atoms with Crippen LogP contribution in [0.5, 0.6) is 0 Å². The van der Waals surface area contributed by atoms with Crippen molar-refractivity contribution in [1.82, 2.24) is 4.98 Å². The number of hydrogen-bond donors (Lipinski definition) is 1. The maximum absolute atomic E-state index is 12.8. The molecule has 4 rings (SSSR count). The van der Waals surface area contributed by atoms with Crippen LogP contribution >= 0.6 is 0 Å². The molecule has 0 saturated heterocycles. The summed E-state index contributed by atoms with van der Waals surface area (Å²) < 4.78 is 0. The summed E-state index contributed by atoms with van der Waals surface area (Å²) >= 11 is 0. The van der Waals surface area contributed by atoms with E-state index in [0.29, 0.717) is 5.56 Å². The molecule has 1 aliphatic rings. The second-order valence-electron chi connectivity index (χ2n) is 5.36. The van der Waals surface area contributed by atoms with Crippen LogP contribution in [-0.2, 0) is 0 Å². The van der Waals surface area contributed by atoms with Crippen molar-refractivity contribution in [3.05, 3.63) is 90.3 Å². The maximum Gasteiger partial charge on any atom is 0.262 e. The summed E-state index contributed by atoms with van der Waals surface area (Å²) in [6, 6.07) is 23.1. The molecule has 1 aliphatic heterocycles. The van der Waals surface area contributed by atoms with E-state index in [9.17, 15) is 4.79 Å². The standard InChI is InChI=1S/C19H15N3O/c23-19-16-12-7-13-20-17(16)18(21-14-8-3-1-4-9-14)22(19)15-10-5-2-6-11-15/h1-13,18,21H/t18-/m0/s1. The zero-order chi connectivity index (χ0) is 15.6. The number of nitrogens with zero attached hydrogens (tertiary/aromatic N) is 2. The monoisotopic (exact) mass is 301 g/mol. The first kappa shape index (κ1) is 13.5. The number of para-hydroxylation sites is 2. The highest BCUT2D eigenvalue weighted by atomic mass is 16.2. The minimum atomic E-state index is -0.316. The van der Waals surface area contributed by atoms with Crippen LogP contribution in [0.4, 0.5) is 11.4 Å². The van der Waals surface area contributed by atoms with Gasteiger partial charge in [-0.05, 0) is 36.4 Å². The molecular formula is C19H15N3O. The Morgan fingerprint density at radius 1 is 0.870 bits per heavy atom. The molecule has 1 aromatic heterocycles. The molecule has 4 nitrogen and oxygen atoms in total. The van der Waals surface area contributed by atoms with Gasteiger partial charge >= 0.3 is 0 Å². The molecule has 0 aliphatic carbocycles. The van der Waals surface area contributed by atoms with Crippen LogP contribution in [0.15, 0.2) is 79.0 Å². The lowest BCUT2D eigenvalue weighted by Gasteiger charge is -2.26.